The molecule has 3 aromatic carbocycles. The van der Waals surface area contributed by atoms with Gasteiger partial charge in [-0.05, 0) is 49.9 Å². The highest BCUT2D eigenvalue weighted by molar-refractivity contribution is 8.16. The maximum Gasteiger partial charge on any atom is 0.100 e. The second-order valence-electron chi connectivity index (χ2n) is 12.3. The highest BCUT2D eigenvalue weighted by Crippen LogP contribution is 2.63. The molecule has 242 valence electrons. The first-order valence-corrected chi connectivity index (χ1v) is 21.0. The third kappa shape index (κ3) is 7.27. The van der Waals surface area contributed by atoms with Crippen molar-refractivity contribution in [2.45, 2.75) is 132 Å². The van der Waals surface area contributed by atoms with E-state index in [0.717, 1.165) is 119 Å². The Balaban J connectivity index is 1.82. The van der Waals surface area contributed by atoms with Crippen molar-refractivity contribution < 1.29 is 8.42 Å². The quantitative estimate of drug-likeness (QED) is 0.178. The van der Waals surface area contributed by atoms with E-state index in [4.69, 9.17) is 0 Å². The Hall–Kier alpha value is -2.22. The van der Waals surface area contributed by atoms with Gasteiger partial charge in [0, 0.05) is 20.9 Å². The van der Waals surface area contributed by atoms with Crippen LogP contribution in [0.15, 0.2) is 80.2 Å². The summed E-state index contributed by atoms with van der Waals surface area (Å²) < 4.78 is 29.3. The van der Waals surface area contributed by atoms with E-state index in [9.17, 15) is 0 Å². The van der Waals surface area contributed by atoms with Gasteiger partial charge in [-0.3, -0.25) is 8.42 Å². The molecule has 0 aliphatic carbocycles. The van der Waals surface area contributed by atoms with Gasteiger partial charge in [0.15, 0.2) is 0 Å². The predicted octanol–water partition coefficient (Wildman–Crippen LogP) is 11.1. The molecule has 0 fully saturated rings. The average Bonchev–Trinajstić information content (AvgIpc) is 3.54. The van der Waals surface area contributed by atoms with Gasteiger partial charge in [0.25, 0.3) is 0 Å². The van der Waals surface area contributed by atoms with Crippen LogP contribution in [0.1, 0.15) is 127 Å². The summed E-state index contributed by atoms with van der Waals surface area (Å²) in [4.78, 5) is 3.59. The SMILES string of the molecule is CCCCC1(CCCC)Sc2c(C#Cc3ccccc3)c3c(c(C#Cc4ccccc4)c2[S@@]1=O)[S@](=O)C(CCCC)(CCCC)S3. The second-order valence-corrected chi connectivity index (χ2v) is 19.0. The van der Waals surface area contributed by atoms with Crippen LogP contribution in [0.25, 0.3) is 0 Å². The monoisotopic (exact) mass is 686 g/mol. The van der Waals surface area contributed by atoms with Crippen molar-refractivity contribution in [1.29, 1.82) is 0 Å². The van der Waals surface area contributed by atoms with Crippen LogP contribution < -0.4 is 0 Å². The maximum absolute atomic E-state index is 15.1. The average molecular weight is 687 g/mol. The van der Waals surface area contributed by atoms with Crippen molar-refractivity contribution in [3.8, 4) is 23.7 Å². The third-order valence-electron chi connectivity index (χ3n) is 8.80. The third-order valence-corrected chi connectivity index (χ3v) is 17.0. The van der Waals surface area contributed by atoms with Crippen LogP contribution in [0.3, 0.4) is 0 Å². The molecule has 0 aromatic heterocycles. The van der Waals surface area contributed by atoms with Gasteiger partial charge in [0.05, 0.1) is 42.5 Å². The number of unbranched alkanes of at least 4 members (excludes halogenated alkanes) is 4. The van der Waals surface area contributed by atoms with Gasteiger partial charge in [-0.2, -0.15) is 0 Å². The van der Waals surface area contributed by atoms with Crippen molar-refractivity contribution in [1.82, 2.24) is 0 Å². The number of thioether (sulfide) groups is 2. The van der Waals surface area contributed by atoms with E-state index in [1.165, 1.54) is 0 Å². The lowest BCUT2D eigenvalue weighted by atomic mass is 10.1. The van der Waals surface area contributed by atoms with E-state index in [0.29, 0.717) is 0 Å². The Labute approximate surface area is 291 Å². The van der Waals surface area contributed by atoms with Crippen molar-refractivity contribution in [2.24, 2.45) is 0 Å². The lowest BCUT2D eigenvalue weighted by molar-refractivity contribution is 0.564. The minimum absolute atomic E-state index is 0.427. The summed E-state index contributed by atoms with van der Waals surface area (Å²) in [6.45, 7) is 8.82. The van der Waals surface area contributed by atoms with Gasteiger partial charge < -0.3 is 0 Å². The molecule has 0 saturated carbocycles. The molecule has 0 N–H and O–H groups in total. The molecule has 2 aliphatic rings. The number of rotatable bonds is 12. The fraction of sp³-hybridized carbons (Fsp3) is 0.450. The van der Waals surface area contributed by atoms with Gasteiger partial charge in [0.1, 0.15) is 8.16 Å². The first-order valence-electron chi connectivity index (χ1n) is 17.0. The zero-order chi connectivity index (χ0) is 32.6. The van der Waals surface area contributed by atoms with E-state index in [1.54, 1.807) is 23.5 Å². The number of benzene rings is 3. The summed E-state index contributed by atoms with van der Waals surface area (Å²) >= 11 is 3.58. The summed E-state index contributed by atoms with van der Waals surface area (Å²) in [5.74, 6) is 13.9. The molecule has 0 spiro atoms. The molecule has 0 unspecified atom stereocenters. The van der Waals surface area contributed by atoms with E-state index >= 15 is 8.42 Å². The molecule has 2 aliphatic heterocycles. The number of fused-ring (bicyclic) bond motifs is 2. The van der Waals surface area contributed by atoms with Crippen molar-refractivity contribution >= 4 is 45.1 Å². The molecule has 0 saturated heterocycles. The molecule has 0 radical (unpaired) electrons. The normalized spacial score (nSPS) is 18.6. The maximum atomic E-state index is 15.1. The fourth-order valence-electron chi connectivity index (χ4n) is 6.18. The van der Waals surface area contributed by atoms with Gasteiger partial charge in [-0.1, -0.05) is 139 Å². The van der Waals surface area contributed by atoms with Crippen LogP contribution in [0.5, 0.6) is 0 Å². The molecule has 2 heterocycles. The smallest absolute Gasteiger partial charge is 0.100 e. The van der Waals surface area contributed by atoms with Crippen LogP contribution in [-0.4, -0.2) is 16.6 Å². The Morgan fingerprint density at radius 3 is 1.22 bits per heavy atom. The minimum atomic E-state index is -1.32. The number of hydrogen-bond donors (Lipinski definition) is 0. The van der Waals surface area contributed by atoms with Gasteiger partial charge >= 0.3 is 0 Å². The van der Waals surface area contributed by atoms with Crippen LogP contribution in [0.4, 0.5) is 0 Å². The lowest BCUT2D eigenvalue weighted by Crippen LogP contribution is -2.28. The highest BCUT2D eigenvalue weighted by Gasteiger charge is 2.53. The Kier molecular flexibility index (Phi) is 12.4. The van der Waals surface area contributed by atoms with Crippen molar-refractivity contribution in [3.63, 3.8) is 0 Å². The Morgan fingerprint density at radius 2 is 0.870 bits per heavy atom. The number of hydrogen-bond acceptors (Lipinski definition) is 4. The topological polar surface area (TPSA) is 34.1 Å². The Bertz CT molecular complexity index is 1610. The molecule has 2 atom stereocenters. The predicted molar refractivity (Wildman–Crippen MR) is 199 cm³/mol. The lowest BCUT2D eigenvalue weighted by Gasteiger charge is -2.27. The van der Waals surface area contributed by atoms with Crippen molar-refractivity contribution in [3.05, 3.63) is 82.9 Å². The zero-order valence-electron chi connectivity index (χ0n) is 27.7. The second kappa shape index (κ2) is 16.3. The molecule has 0 bridgehead atoms. The van der Waals surface area contributed by atoms with E-state index in [2.05, 4.69) is 51.4 Å². The molecule has 0 amide bonds. The zero-order valence-corrected chi connectivity index (χ0v) is 31.0. The molecule has 2 nitrogen and oxygen atoms in total. The van der Waals surface area contributed by atoms with Gasteiger partial charge in [-0.15, -0.1) is 23.5 Å². The van der Waals surface area contributed by atoms with E-state index in [1.807, 2.05) is 60.7 Å². The summed E-state index contributed by atoms with van der Waals surface area (Å²) in [5, 5.41) is 0. The molecular formula is C40H46O2S4. The minimum Gasteiger partial charge on any atom is -0.253 e. The molecule has 46 heavy (non-hydrogen) atoms. The first-order chi connectivity index (χ1) is 22.4. The van der Waals surface area contributed by atoms with E-state index in [-0.39, 0.29) is 0 Å². The summed E-state index contributed by atoms with van der Waals surface area (Å²) in [7, 11) is -2.64. The summed E-state index contributed by atoms with van der Waals surface area (Å²) in [5.41, 5.74) is 3.50. The Morgan fingerprint density at radius 1 is 0.522 bits per heavy atom. The van der Waals surface area contributed by atoms with Gasteiger partial charge in [-0.25, -0.2) is 0 Å². The first kappa shape index (κ1) is 35.1. The summed E-state index contributed by atoms with van der Waals surface area (Å²) in [6.07, 6.45) is 11.8. The van der Waals surface area contributed by atoms with Crippen LogP contribution in [0.2, 0.25) is 0 Å². The standard InChI is InChI=1S/C40H46O2S4/c1-5-9-27-39(28-10-6-2)43-35-33(25-23-31-19-15-13-16-20-31)36-38(46(42)40(44-36,29-11-7-3)30-12-8-4)34(37(35)45(39)41)26-24-32-21-17-14-18-22-32/h13-22H,5-12,27-30H2,1-4H3/t45-,46-/m0/s1. The molecular weight excluding hydrogens is 641 g/mol. The highest BCUT2D eigenvalue weighted by atomic mass is 32.2. The van der Waals surface area contributed by atoms with Crippen molar-refractivity contribution in [2.75, 3.05) is 0 Å². The van der Waals surface area contributed by atoms with Crippen LogP contribution >= 0.6 is 23.5 Å². The van der Waals surface area contributed by atoms with Crippen LogP contribution in [0, 0.1) is 23.7 Å². The fourth-order valence-corrected chi connectivity index (χ4v) is 14.5. The molecule has 3 aromatic rings. The van der Waals surface area contributed by atoms with Gasteiger partial charge in [0.2, 0.25) is 0 Å². The largest absolute Gasteiger partial charge is 0.253 e. The summed E-state index contributed by atoms with van der Waals surface area (Å²) in [6, 6.07) is 20.1. The van der Waals surface area contributed by atoms with Crippen LogP contribution in [-0.2, 0) is 21.6 Å². The van der Waals surface area contributed by atoms with E-state index < -0.39 is 29.8 Å². The molecule has 5 rings (SSSR count). The molecule has 6 heteroatoms.